The lowest BCUT2D eigenvalue weighted by Crippen LogP contribution is -2.45. The lowest BCUT2D eigenvalue weighted by Gasteiger charge is -2.24. The van der Waals surface area contributed by atoms with Gasteiger partial charge < -0.3 is 15.4 Å². The van der Waals surface area contributed by atoms with Crippen LogP contribution < -0.4 is 10.6 Å². The lowest BCUT2D eigenvalue weighted by atomic mass is 10.1. The van der Waals surface area contributed by atoms with Gasteiger partial charge in [0.25, 0.3) is 0 Å². The van der Waals surface area contributed by atoms with Gasteiger partial charge in [0.2, 0.25) is 0 Å². The molecule has 0 spiro atoms. The number of hydrogen-bond donors (Lipinski definition) is 2. The summed E-state index contributed by atoms with van der Waals surface area (Å²) in [7, 11) is 1.82. The molecule has 1 saturated heterocycles. The lowest BCUT2D eigenvalue weighted by molar-refractivity contribution is 0.0915. The molecule has 2 N–H and O–H groups in total. The molecular weight excluding hydrogens is 188 g/mol. The van der Waals surface area contributed by atoms with Gasteiger partial charge >= 0.3 is 0 Å². The van der Waals surface area contributed by atoms with Crippen LogP contribution in [0.2, 0.25) is 0 Å². The average molecular weight is 212 g/mol. The van der Waals surface area contributed by atoms with Crippen LogP contribution >= 0.6 is 0 Å². The van der Waals surface area contributed by atoms with Crippen LogP contribution in [0, 0.1) is 0 Å². The van der Waals surface area contributed by atoms with E-state index in [9.17, 15) is 0 Å². The smallest absolute Gasteiger partial charge is 0.0860 e. The highest BCUT2D eigenvalue weighted by Gasteiger charge is 2.28. The SMILES string of the molecule is CO[C@H]1CNCC1NC1CCCCCC1. The van der Waals surface area contributed by atoms with Crippen molar-refractivity contribution < 1.29 is 4.74 Å². The second-order valence-corrected chi connectivity index (χ2v) is 4.89. The number of hydrogen-bond acceptors (Lipinski definition) is 3. The molecule has 2 rings (SSSR count). The Morgan fingerprint density at radius 2 is 1.80 bits per heavy atom. The summed E-state index contributed by atoms with van der Waals surface area (Å²) < 4.78 is 5.47. The summed E-state index contributed by atoms with van der Waals surface area (Å²) in [5, 5.41) is 7.16. The standard InChI is InChI=1S/C12H24N2O/c1-15-12-9-13-8-11(12)14-10-6-4-2-3-5-7-10/h10-14H,2-9H2,1H3/t11?,12-/m0/s1. The fourth-order valence-corrected chi connectivity index (χ4v) is 2.82. The fourth-order valence-electron chi connectivity index (χ4n) is 2.82. The fraction of sp³-hybridized carbons (Fsp3) is 1.00. The van der Waals surface area contributed by atoms with E-state index in [1.807, 2.05) is 7.11 Å². The molecule has 0 amide bonds. The monoisotopic (exact) mass is 212 g/mol. The van der Waals surface area contributed by atoms with Crippen LogP contribution in [0.15, 0.2) is 0 Å². The molecule has 15 heavy (non-hydrogen) atoms. The van der Waals surface area contributed by atoms with Crippen molar-refractivity contribution in [2.24, 2.45) is 0 Å². The van der Waals surface area contributed by atoms with Gasteiger partial charge in [-0.2, -0.15) is 0 Å². The Balaban J connectivity index is 1.78. The highest BCUT2D eigenvalue weighted by atomic mass is 16.5. The largest absolute Gasteiger partial charge is 0.378 e. The van der Waals surface area contributed by atoms with Crippen LogP contribution in [0.1, 0.15) is 38.5 Å². The van der Waals surface area contributed by atoms with Crippen molar-refractivity contribution in [1.82, 2.24) is 10.6 Å². The molecule has 1 aliphatic heterocycles. The van der Waals surface area contributed by atoms with Crippen LogP contribution in [0.3, 0.4) is 0 Å². The van der Waals surface area contributed by atoms with Gasteiger partial charge in [0.15, 0.2) is 0 Å². The first kappa shape index (κ1) is 11.4. The van der Waals surface area contributed by atoms with E-state index in [0.29, 0.717) is 12.1 Å². The van der Waals surface area contributed by atoms with Gasteiger partial charge in [0.1, 0.15) is 0 Å². The Labute approximate surface area is 93.0 Å². The Kier molecular flexibility index (Phi) is 4.42. The van der Waals surface area contributed by atoms with Gasteiger partial charge in [-0.05, 0) is 12.8 Å². The number of nitrogens with one attached hydrogen (secondary N) is 2. The zero-order valence-electron chi connectivity index (χ0n) is 9.80. The van der Waals surface area contributed by atoms with Crippen molar-refractivity contribution in [2.75, 3.05) is 20.2 Å². The molecule has 0 bridgehead atoms. The Bertz CT molecular complexity index is 178. The summed E-state index contributed by atoms with van der Waals surface area (Å²) in [5.41, 5.74) is 0. The van der Waals surface area contributed by atoms with E-state index >= 15 is 0 Å². The van der Waals surface area contributed by atoms with E-state index in [2.05, 4.69) is 10.6 Å². The maximum absolute atomic E-state index is 5.47. The maximum Gasteiger partial charge on any atom is 0.0860 e. The Morgan fingerprint density at radius 1 is 1.07 bits per heavy atom. The minimum absolute atomic E-state index is 0.369. The van der Waals surface area contributed by atoms with Crippen LogP contribution in [0.4, 0.5) is 0 Å². The molecule has 0 aromatic rings. The van der Waals surface area contributed by atoms with Crippen molar-refractivity contribution in [3.63, 3.8) is 0 Å². The van der Waals surface area contributed by atoms with Crippen molar-refractivity contribution in [3.05, 3.63) is 0 Å². The van der Waals surface area contributed by atoms with Crippen LogP contribution in [0.5, 0.6) is 0 Å². The van der Waals surface area contributed by atoms with Gasteiger partial charge in [-0.3, -0.25) is 0 Å². The van der Waals surface area contributed by atoms with Crippen molar-refractivity contribution in [3.8, 4) is 0 Å². The minimum atomic E-state index is 0.369. The molecular formula is C12H24N2O. The van der Waals surface area contributed by atoms with Crippen LogP contribution in [-0.4, -0.2) is 38.4 Å². The normalized spacial score (nSPS) is 34.2. The molecule has 3 heteroatoms. The minimum Gasteiger partial charge on any atom is -0.378 e. The van der Waals surface area contributed by atoms with Gasteiger partial charge in [-0.25, -0.2) is 0 Å². The quantitative estimate of drug-likeness (QED) is 0.692. The van der Waals surface area contributed by atoms with E-state index in [1.165, 1.54) is 38.5 Å². The third-order valence-electron chi connectivity index (χ3n) is 3.77. The van der Waals surface area contributed by atoms with Gasteiger partial charge in [0, 0.05) is 32.3 Å². The molecule has 1 heterocycles. The van der Waals surface area contributed by atoms with Gasteiger partial charge in [0.05, 0.1) is 6.10 Å². The molecule has 0 radical (unpaired) electrons. The Hall–Kier alpha value is -0.120. The summed E-state index contributed by atoms with van der Waals surface area (Å²) in [5.74, 6) is 0. The van der Waals surface area contributed by atoms with Crippen LogP contribution in [-0.2, 0) is 4.74 Å². The van der Waals surface area contributed by atoms with E-state index in [-0.39, 0.29) is 0 Å². The summed E-state index contributed by atoms with van der Waals surface area (Å²) in [6.45, 7) is 2.07. The molecule has 0 aromatic carbocycles. The highest BCUT2D eigenvalue weighted by Crippen LogP contribution is 2.18. The molecule has 3 nitrogen and oxygen atoms in total. The molecule has 0 aromatic heterocycles. The van der Waals surface area contributed by atoms with Gasteiger partial charge in [-0.1, -0.05) is 25.7 Å². The average Bonchev–Trinajstić information content (AvgIpc) is 2.53. The van der Waals surface area contributed by atoms with E-state index < -0.39 is 0 Å². The predicted molar refractivity (Wildman–Crippen MR) is 62.1 cm³/mol. The first-order valence-electron chi connectivity index (χ1n) is 6.39. The van der Waals surface area contributed by atoms with Crippen molar-refractivity contribution >= 4 is 0 Å². The zero-order valence-corrected chi connectivity index (χ0v) is 9.80. The predicted octanol–water partition coefficient (Wildman–Crippen LogP) is 1.29. The zero-order chi connectivity index (χ0) is 10.5. The number of ether oxygens (including phenoxy) is 1. The molecule has 2 aliphatic rings. The topological polar surface area (TPSA) is 33.3 Å². The third kappa shape index (κ3) is 3.16. The molecule has 2 fully saturated rings. The molecule has 1 unspecified atom stereocenters. The second-order valence-electron chi connectivity index (χ2n) is 4.89. The highest BCUT2D eigenvalue weighted by molar-refractivity contribution is 4.90. The third-order valence-corrected chi connectivity index (χ3v) is 3.77. The van der Waals surface area contributed by atoms with Gasteiger partial charge in [-0.15, -0.1) is 0 Å². The Morgan fingerprint density at radius 3 is 2.47 bits per heavy atom. The molecule has 2 atom stereocenters. The second kappa shape index (κ2) is 5.83. The van der Waals surface area contributed by atoms with Crippen molar-refractivity contribution in [1.29, 1.82) is 0 Å². The first-order chi connectivity index (χ1) is 7.40. The summed E-state index contributed by atoms with van der Waals surface area (Å²) >= 11 is 0. The van der Waals surface area contributed by atoms with E-state index in [0.717, 1.165) is 19.1 Å². The number of rotatable bonds is 3. The summed E-state index contributed by atoms with van der Waals surface area (Å²) in [6.07, 6.45) is 8.72. The number of methoxy groups -OCH3 is 1. The van der Waals surface area contributed by atoms with E-state index in [1.54, 1.807) is 0 Å². The summed E-state index contributed by atoms with van der Waals surface area (Å²) in [6, 6.07) is 1.26. The first-order valence-corrected chi connectivity index (χ1v) is 6.39. The van der Waals surface area contributed by atoms with Crippen molar-refractivity contribution in [2.45, 2.75) is 56.7 Å². The molecule has 1 saturated carbocycles. The van der Waals surface area contributed by atoms with E-state index in [4.69, 9.17) is 4.74 Å². The van der Waals surface area contributed by atoms with Crippen LogP contribution in [0.25, 0.3) is 0 Å². The molecule has 1 aliphatic carbocycles. The molecule has 88 valence electrons. The summed E-state index contributed by atoms with van der Waals surface area (Å²) in [4.78, 5) is 0. The maximum atomic E-state index is 5.47.